The molecule has 0 bridgehead atoms. The number of carboxylic acids is 1. The Hall–Kier alpha value is -5.77. The van der Waals surface area contributed by atoms with Gasteiger partial charge in [-0.3, -0.25) is 4.79 Å². The zero-order valence-electron chi connectivity index (χ0n) is 34.7. The lowest BCUT2D eigenvalue weighted by atomic mass is 10.0. The molecule has 0 radical (unpaired) electrons. The van der Waals surface area contributed by atoms with Crippen LogP contribution in [0.4, 0.5) is 0 Å². The number of hydrogen-bond donors (Lipinski definition) is 3. The van der Waals surface area contributed by atoms with Gasteiger partial charge in [-0.15, -0.1) is 0 Å². The van der Waals surface area contributed by atoms with Crippen molar-refractivity contribution in [3.05, 3.63) is 102 Å². The lowest BCUT2D eigenvalue weighted by Gasteiger charge is -2.06. The number of nitrogens with one attached hydrogen (secondary N) is 2. The van der Waals surface area contributed by atoms with Crippen LogP contribution in [0.1, 0.15) is 127 Å². The number of hydrogen-bond acceptors (Lipinski definition) is 7. The molecule has 1 aliphatic rings. The Labute approximate surface area is 349 Å². The lowest BCUT2D eigenvalue weighted by Crippen LogP contribution is -2.23. The van der Waals surface area contributed by atoms with E-state index in [-0.39, 0.29) is 12.5 Å². The van der Waals surface area contributed by atoms with Crippen molar-refractivity contribution in [2.75, 3.05) is 13.2 Å². The monoisotopic (exact) mass is 800 g/mol. The topological polar surface area (TPSA) is 143 Å². The quantitative estimate of drug-likeness (QED) is 0.0344. The summed E-state index contributed by atoms with van der Waals surface area (Å²) >= 11 is 0. The first kappa shape index (κ1) is 44.3. The number of aliphatic carboxylic acids is 1. The van der Waals surface area contributed by atoms with Crippen LogP contribution in [0.5, 0.6) is 0 Å². The maximum atomic E-state index is 12.6. The average molecular weight is 801 g/mol. The molecule has 10 heteroatoms. The fourth-order valence-corrected chi connectivity index (χ4v) is 7.10. The summed E-state index contributed by atoms with van der Waals surface area (Å²) < 4.78 is 5.08. The van der Waals surface area contributed by atoms with Gasteiger partial charge in [-0.1, -0.05) is 168 Å². The van der Waals surface area contributed by atoms with Gasteiger partial charge >= 0.3 is 11.9 Å². The van der Waals surface area contributed by atoms with E-state index in [0.717, 1.165) is 63.7 Å². The summed E-state index contributed by atoms with van der Waals surface area (Å²) in [6, 6.07) is 23.2. The second-order valence-electron chi connectivity index (χ2n) is 15.1. The van der Waals surface area contributed by atoms with Crippen molar-refractivity contribution in [3.63, 3.8) is 0 Å². The van der Waals surface area contributed by atoms with Crippen molar-refractivity contribution < 1.29 is 29.1 Å². The van der Waals surface area contributed by atoms with E-state index >= 15 is 0 Å². The van der Waals surface area contributed by atoms with Crippen LogP contribution < -0.4 is 5.32 Å². The zero-order chi connectivity index (χ0) is 41.7. The summed E-state index contributed by atoms with van der Waals surface area (Å²) in [5.41, 5.74) is 7.32. The minimum atomic E-state index is -1.01. The molecule has 1 amide bonds. The minimum absolute atomic E-state index is 0.0942. The molecule has 0 saturated heterocycles. The van der Waals surface area contributed by atoms with Gasteiger partial charge < -0.3 is 25.0 Å². The number of carbonyl (C=O) groups excluding carboxylic acids is 2. The third kappa shape index (κ3) is 14.5. The fourth-order valence-electron chi connectivity index (χ4n) is 7.10. The second kappa shape index (κ2) is 24.2. The van der Waals surface area contributed by atoms with Crippen LogP contribution >= 0.6 is 0 Å². The highest BCUT2D eigenvalue weighted by Crippen LogP contribution is 2.34. The molecule has 0 saturated carbocycles. The first-order chi connectivity index (χ1) is 28.8. The van der Waals surface area contributed by atoms with E-state index in [2.05, 4.69) is 22.4 Å². The van der Waals surface area contributed by atoms with Gasteiger partial charge in [0.15, 0.2) is 0 Å². The number of amides is 1. The van der Waals surface area contributed by atoms with Gasteiger partial charge in [-0.25, -0.2) is 14.6 Å². The molecular formula is C49H60N4O6. The molecule has 1 unspecified atom stereocenters. The highest BCUT2D eigenvalue weighted by atomic mass is 16.7. The molecular weight excluding hydrogens is 741 g/mol. The van der Waals surface area contributed by atoms with E-state index in [0.29, 0.717) is 24.5 Å². The smallest absolute Gasteiger partial charge is 0.350 e. The Bertz CT molecular complexity index is 2010. The Morgan fingerprint density at radius 1 is 0.712 bits per heavy atom. The van der Waals surface area contributed by atoms with Gasteiger partial charge in [-0.05, 0) is 42.2 Å². The van der Waals surface area contributed by atoms with E-state index in [9.17, 15) is 14.4 Å². The van der Waals surface area contributed by atoms with Crippen LogP contribution in [0.25, 0.3) is 46.1 Å². The Morgan fingerprint density at radius 3 is 1.81 bits per heavy atom. The first-order valence-corrected chi connectivity index (χ1v) is 21.5. The van der Waals surface area contributed by atoms with Gasteiger partial charge in [0.2, 0.25) is 12.0 Å². The van der Waals surface area contributed by atoms with E-state index in [4.69, 9.17) is 19.7 Å². The molecule has 0 spiro atoms. The second-order valence-corrected chi connectivity index (χ2v) is 15.1. The third-order valence-corrected chi connectivity index (χ3v) is 10.5. The molecule has 1 atom stereocenters. The van der Waals surface area contributed by atoms with Crippen LogP contribution in [-0.4, -0.2) is 57.9 Å². The number of unbranched alkanes of at least 4 members (excludes halogenated alkanes) is 13. The first-order valence-electron chi connectivity index (χ1n) is 21.5. The third-order valence-electron chi connectivity index (χ3n) is 10.5. The number of H-pyrrole nitrogens is 1. The summed E-state index contributed by atoms with van der Waals surface area (Å²) in [5.74, 6) is -0.873. The molecule has 1 aromatic heterocycles. The summed E-state index contributed by atoms with van der Waals surface area (Å²) in [7, 11) is 0. The van der Waals surface area contributed by atoms with Crippen molar-refractivity contribution in [1.82, 2.24) is 15.3 Å². The molecule has 3 aromatic carbocycles. The maximum absolute atomic E-state index is 12.6. The minimum Gasteiger partial charge on any atom is -0.478 e. The van der Waals surface area contributed by atoms with E-state index < -0.39 is 18.0 Å². The van der Waals surface area contributed by atoms with Gasteiger partial charge in [0.25, 0.3) is 0 Å². The Balaban J connectivity index is 1.15. The molecule has 0 aliphatic carbocycles. The number of carboxylic acid groups (broad SMARTS) is 1. The SMILES string of the molecule is CCCCCCCCCCCCCCCCNC(=O)C=Cc1ccc(-c2[nH]c(-c3ccc(C4=NOC(C(=O)OCC)C4)cc3)nc2-c2ccc(C=CC(=O)O)cc2)cc1. The molecule has 10 nitrogen and oxygen atoms in total. The Morgan fingerprint density at radius 2 is 1.24 bits per heavy atom. The number of esters is 1. The normalized spacial score (nSPS) is 13.8. The van der Waals surface area contributed by atoms with E-state index in [1.54, 1.807) is 19.1 Å². The summed E-state index contributed by atoms with van der Waals surface area (Å²) in [5, 5.41) is 16.2. The van der Waals surface area contributed by atoms with Crippen molar-refractivity contribution in [3.8, 4) is 33.9 Å². The van der Waals surface area contributed by atoms with Crippen molar-refractivity contribution in [2.45, 2.75) is 116 Å². The Kier molecular flexibility index (Phi) is 18.2. The molecule has 1 aliphatic heterocycles. The number of imidazole rings is 1. The highest BCUT2D eigenvalue weighted by Gasteiger charge is 2.30. The number of nitrogens with zero attached hydrogens (tertiary/aromatic N) is 2. The van der Waals surface area contributed by atoms with E-state index in [1.165, 1.54) is 77.0 Å². The lowest BCUT2D eigenvalue weighted by molar-refractivity contribution is -0.154. The average Bonchev–Trinajstić information content (AvgIpc) is 3.93. The number of aromatic nitrogens is 2. The zero-order valence-corrected chi connectivity index (χ0v) is 34.7. The van der Waals surface area contributed by atoms with Crippen LogP contribution in [0, 0.1) is 0 Å². The maximum Gasteiger partial charge on any atom is 0.350 e. The molecule has 3 N–H and O–H groups in total. The molecule has 0 fully saturated rings. The number of carbonyl (C=O) groups is 3. The van der Waals surface area contributed by atoms with Crippen LogP contribution in [0.2, 0.25) is 0 Å². The number of rotatable bonds is 25. The summed E-state index contributed by atoms with van der Waals surface area (Å²) in [6.07, 6.45) is 24.0. The van der Waals surface area contributed by atoms with Gasteiger partial charge in [0, 0.05) is 41.8 Å². The number of aromatic amines is 1. The molecule has 59 heavy (non-hydrogen) atoms. The summed E-state index contributed by atoms with van der Waals surface area (Å²) in [4.78, 5) is 49.6. The van der Waals surface area contributed by atoms with Crippen LogP contribution in [-0.2, 0) is 24.0 Å². The van der Waals surface area contributed by atoms with Crippen molar-refractivity contribution in [1.29, 1.82) is 0 Å². The highest BCUT2D eigenvalue weighted by molar-refractivity contribution is 6.03. The predicted octanol–water partition coefficient (Wildman–Crippen LogP) is 11.2. The molecule has 312 valence electrons. The van der Waals surface area contributed by atoms with Gasteiger partial charge in [0.05, 0.1) is 23.7 Å². The number of oxime groups is 1. The number of ether oxygens (including phenoxy) is 1. The largest absolute Gasteiger partial charge is 0.478 e. The molecule has 4 aromatic rings. The van der Waals surface area contributed by atoms with Crippen LogP contribution in [0.3, 0.4) is 0 Å². The van der Waals surface area contributed by atoms with Crippen molar-refractivity contribution in [2.24, 2.45) is 5.16 Å². The van der Waals surface area contributed by atoms with Crippen LogP contribution in [0.15, 0.2) is 90.1 Å². The van der Waals surface area contributed by atoms with Gasteiger partial charge in [-0.2, -0.15) is 0 Å². The number of benzene rings is 3. The molecule has 2 heterocycles. The van der Waals surface area contributed by atoms with Gasteiger partial charge in [0.1, 0.15) is 5.82 Å². The standard InChI is InChI=1S/C49H60N4O6/c1-3-5-6-7-8-9-10-11-12-13-14-15-16-17-34-50-44(54)32-22-36-18-24-39(25-19-36)46-47(40-26-20-37(21-27-40)23-33-45(55)56)52-48(51-46)41-30-28-38(29-31-41)42-35-43(59-53-42)49(57)58-4-2/h18-33,43H,3-17,34-35H2,1-2H3,(H,50,54)(H,51,52)(H,55,56). The summed E-state index contributed by atoms with van der Waals surface area (Å²) in [6.45, 7) is 4.99. The molecule has 5 rings (SSSR count). The fraction of sp³-hybridized carbons (Fsp3) is 0.408. The predicted molar refractivity (Wildman–Crippen MR) is 237 cm³/mol. The van der Waals surface area contributed by atoms with E-state index in [1.807, 2.05) is 78.9 Å². The van der Waals surface area contributed by atoms with Crippen molar-refractivity contribution >= 4 is 35.7 Å².